The minimum atomic E-state index is -4.58. The lowest BCUT2D eigenvalue weighted by molar-refractivity contribution is -0.138. The van der Waals surface area contributed by atoms with E-state index in [1.165, 1.54) is 12.4 Å². The summed E-state index contributed by atoms with van der Waals surface area (Å²) in [6, 6.07) is 35.8. The first-order chi connectivity index (χ1) is 24.9. The van der Waals surface area contributed by atoms with E-state index in [-0.39, 0.29) is 11.1 Å². The molecule has 5 aromatic carbocycles. The molecule has 0 saturated carbocycles. The Labute approximate surface area is 297 Å². The van der Waals surface area contributed by atoms with Crippen molar-refractivity contribution in [2.75, 3.05) is 0 Å². The zero-order chi connectivity index (χ0) is 36.6. The highest BCUT2D eigenvalue weighted by Gasteiger charge is 2.35. The summed E-state index contributed by atoms with van der Waals surface area (Å²) in [4.78, 5) is 8.03. The van der Waals surface area contributed by atoms with E-state index in [2.05, 4.69) is 9.97 Å². The number of hydrogen-bond acceptors (Lipinski definition) is 2. The molecule has 0 N–H and O–H groups in total. The highest BCUT2D eigenvalue weighted by atomic mass is 19.4. The van der Waals surface area contributed by atoms with Gasteiger partial charge in [-0.05, 0) is 117 Å². The number of rotatable bonds is 6. The van der Waals surface area contributed by atoms with Crippen LogP contribution in [0.4, 0.5) is 26.3 Å². The van der Waals surface area contributed by atoms with Crippen molar-refractivity contribution < 1.29 is 26.3 Å². The molecular formula is C44H30F6N2. The Morgan fingerprint density at radius 3 is 1.12 bits per heavy atom. The first-order valence-corrected chi connectivity index (χ1v) is 16.4. The number of nitrogens with zero attached hydrogens (tertiary/aromatic N) is 2. The van der Waals surface area contributed by atoms with Crippen LogP contribution in [0.15, 0.2) is 146 Å². The Balaban J connectivity index is 1.52. The van der Waals surface area contributed by atoms with Crippen molar-refractivity contribution in [2.45, 2.75) is 26.2 Å². The largest absolute Gasteiger partial charge is 0.417 e. The second kappa shape index (κ2) is 13.6. The summed E-state index contributed by atoms with van der Waals surface area (Å²) < 4.78 is 84.8. The molecular weight excluding hydrogens is 670 g/mol. The second-order valence-electron chi connectivity index (χ2n) is 12.6. The van der Waals surface area contributed by atoms with E-state index in [4.69, 9.17) is 0 Å². The lowest BCUT2D eigenvalue weighted by Crippen LogP contribution is -2.07. The van der Waals surface area contributed by atoms with Crippen molar-refractivity contribution in [3.05, 3.63) is 168 Å². The van der Waals surface area contributed by atoms with Crippen LogP contribution >= 0.6 is 0 Å². The summed E-state index contributed by atoms with van der Waals surface area (Å²) in [5.41, 5.74) is 7.17. The molecule has 0 fully saturated rings. The van der Waals surface area contributed by atoms with Crippen LogP contribution in [0, 0.1) is 13.8 Å². The van der Waals surface area contributed by atoms with Crippen molar-refractivity contribution in [3.63, 3.8) is 0 Å². The highest BCUT2D eigenvalue weighted by molar-refractivity contribution is 5.97. The van der Waals surface area contributed by atoms with E-state index >= 15 is 0 Å². The number of aryl methyl sites for hydroxylation is 2. The minimum absolute atomic E-state index is 0.0292. The Hall–Kier alpha value is -6.02. The lowest BCUT2D eigenvalue weighted by atomic mass is 9.82. The molecule has 0 aliphatic heterocycles. The number of alkyl halides is 6. The van der Waals surface area contributed by atoms with Gasteiger partial charge in [0.2, 0.25) is 0 Å². The summed E-state index contributed by atoms with van der Waals surface area (Å²) in [5, 5.41) is 0. The third-order valence-electron chi connectivity index (χ3n) is 9.26. The Morgan fingerprint density at radius 2 is 0.750 bits per heavy atom. The molecule has 0 aliphatic carbocycles. The van der Waals surface area contributed by atoms with Gasteiger partial charge in [-0.3, -0.25) is 9.97 Å². The Kier molecular flexibility index (Phi) is 9.01. The molecule has 0 saturated heterocycles. The van der Waals surface area contributed by atoms with E-state index in [0.29, 0.717) is 11.1 Å². The predicted octanol–water partition coefficient (Wildman–Crippen LogP) is 13.1. The molecule has 7 aromatic rings. The SMILES string of the molecule is Cc1ccc(-c2cnccc2C(F)(F)F)cc1-c1cc(-c2ccccc2)c(-c2cc(-c3cnccc3C(F)(F)F)ccc2C)cc1-c1ccccc1. The first kappa shape index (κ1) is 34.4. The smallest absolute Gasteiger partial charge is 0.264 e. The van der Waals surface area contributed by atoms with Crippen molar-refractivity contribution in [3.8, 4) is 66.8 Å². The van der Waals surface area contributed by atoms with Gasteiger partial charge in [0.15, 0.2) is 0 Å². The zero-order valence-electron chi connectivity index (χ0n) is 28.0. The van der Waals surface area contributed by atoms with E-state index in [1.54, 1.807) is 24.3 Å². The quantitative estimate of drug-likeness (QED) is 0.161. The zero-order valence-corrected chi connectivity index (χ0v) is 28.0. The van der Waals surface area contributed by atoms with Crippen LogP contribution in [-0.4, -0.2) is 9.97 Å². The number of pyridine rings is 2. The normalized spacial score (nSPS) is 11.8. The van der Waals surface area contributed by atoms with Crippen molar-refractivity contribution in [1.82, 2.24) is 9.97 Å². The second-order valence-corrected chi connectivity index (χ2v) is 12.6. The van der Waals surface area contributed by atoms with E-state index in [0.717, 1.165) is 80.2 Å². The van der Waals surface area contributed by atoms with Crippen LogP contribution < -0.4 is 0 Å². The van der Waals surface area contributed by atoms with Gasteiger partial charge in [0.05, 0.1) is 11.1 Å². The molecule has 7 rings (SSSR count). The van der Waals surface area contributed by atoms with Gasteiger partial charge in [0.25, 0.3) is 0 Å². The maximum Gasteiger partial charge on any atom is 0.417 e. The summed E-state index contributed by atoms with van der Waals surface area (Å²) in [5.74, 6) is 0. The Bertz CT molecular complexity index is 2230. The molecule has 258 valence electrons. The standard InChI is InChI=1S/C44H30F6N2/c1-27-13-15-31(39-25-51-19-17-41(39)43(45,46)47)21-33(27)37-23-36(30-11-7-4-8-12-30)38(24-35(37)29-9-5-3-6-10-29)34-22-32(16-14-28(34)2)40-26-52-20-18-42(40)44(48,49)50/h3-26H,1-2H3. The molecule has 8 heteroatoms. The number of halogens is 6. The van der Waals surface area contributed by atoms with Crippen molar-refractivity contribution >= 4 is 0 Å². The van der Waals surface area contributed by atoms with Gasteiger partial charge in [0.1, 0.15) is 0 Å². The summed E-state index contributed by atoms with van der Waals surface area (Å²) in [6.07, 6.45) is -4.43. The van der Waals surface area contributed by atoms with Gasteiger partial charge in [-0.25, -0.2) is 0 Å². The van der Waals surface area contributed by atoms with Gasteiger partial charge < -0.3 is 0 Å². The van der Waals surface area contributed by atoms with E-state index in [9.17, 15) is 26.3 Å². The van der Waals surface area contributed by atoms with Gasteiger partial charge in [-0.1, -0.05) is 84.9 Å². The lowest BCUT2D eigenvalue weighted by Gasteiger charge is -2.21. The average molecular weight is 701 g/mol. The molecule has 2 nitrogen and oxygen atoms in total. The third kappa shape index (κ3) is 6.72. The first-order valence-electron chi connectivity index (χ1n) is 16.4. The molecule has 0 bridgehead atoms. The fourth-order valence-corrected chi connectivity index (χ4v) is 6.66. The predicted molar refractivity (Wildman–Crippen MR) is 194 cm³/mol. The molecule has 2 aromatic heterocycles. The molecule has 0 spiro atoms. The summed E-state index contributed by atoms with van der Waals surface area (Å²) in [6.45, 7) is 3.83. The molecule has 52 heavy (non-hydrogen) atoms. The molecule has 0 amide bonds. The number of benzene rings is 5. The maximum atomic E-state index is 14.1. The molecule has 0 radical (unpaired) electrons. The molecule has 0 unspecified atom stereocenters. The van der Waals surface area contributed by atoms with Crippen LogP contribution in [0.5, 0.6) is 0 Å². The summed E-state index contributed by atoms with van der Waals surface area (Å²) >= 11 is 0. The molecule has 2 heterocycles. The monoisotopic (exact) mass is 700 g/mol. The van der Waals surface area contributed by atoms with Crippen LogP contribution in [-0.2, 0) is 12.4 Å². The highest BCUT2D eigenvalue weighted by Crippen LogP contribution is 2.46. The molecule has 0 atom stereocenters. The van der Waals surface area contributed by atoms with E-state index < -0.39 is 23.5 Å². The van der Waals surface area contributed by atoms with Crippen molar-refractivity contribution in [1.29, 1.82) is 0 Å². The van der Waals surface area contributed by atoms with E-state index in [1.807, 2.05) is 98.8 Å². The number of aromatic nitrogens is 2. The van der Waals surface area contributed by atoms with Gasteiger partial charge in [-0.2, -0.15) is 26.3 Å². The van der Waals surface area contributed by atoms with Crippen LogP contribution in [0.2, 0.25) is 0 Å². The summed E-state index contributed by atoms with van der Waals surface area (Å²) in [7, 11) is 0. The van der Waals surface area contributed by atoms with Crippen LogP contribution in [0.1, 0.15) is 22.3 Å². The van der Waals surface area contributed by atoms with Crippen molar-refractivity contribution in [2.24, 2.45) is 0 Å². The fourth-order valence-electron chi connectivity index (χ4n) is 6.66. The number of hydrogen-bond donors (Lipinski definition) is 0. The van der Waals surface area contributed by atoms with Gasteiger partial charge in [0, 0.05) is 35.9 Å². The maximum absolute atomic E-state index is 14.1. The van der Waals surface area contributed by atoms with Crippen LogP contribution in [0.3, 0.4) is 0 Å². The topological polar surface area (TPSA) is 25.8 Å². The molecule has 0 aliphatic rings. The van der Waals surface area contributed by atoms with Gasteiger partial charge in [-0.15, -0.1) is 0 Å². The minimum Gasteiger partial charge on any atom is -0.264 e. The fraction of sp³-hybridized carbons (Fsp3) is 0.0909. The van der Waals surface area contributed by atoms with Gasteiger partial charge >= 0.3 is 12.4 Å². The Morgan fingerprint density at radius 1 is 0.365 bits per heavy atom. The van der Waals surface area contributed by atoms with Crippen LogP contribution in [0.25, 0.3) is 66.8 Å². The third-order valence-corrected chi connectivity index (χ3v) is 9.26. The average Bonchev–Trinajstić information content (AvgIpc) is 3.15.